The van der Waals surface area contributed by atoms with Crippen LogP contribution in [0.3, 0.4) is 0 Å². The highest BCUT2D eigenvalue weighted by Crippen LogP contribution is 2.28. The van der Waals surface area contributed by atoms with Crippen molar-refractivity contribution < 1.29 is 9.21 Å². The lowest BCUT2D eigenvalue weighted by atomic mass is 9.95. The first-order chi connectivity index (χ1) is 10.2. The van der Waals surface area contributed by atoms with Crippen molar-refractivity contribution in [3.05, 3.63) is 53.8 Å². The van der Waals surface area contributed by atoms with Crippen LogP contribution in [0.1, 0.15) is 22.0 Å². The molecule has 0 unspecified atom stereocenters. The van der Waals surface area contributed by atoms with Gasteiger partial charge in [0.1, 0.15) is 0 Å². The third-order valence-corrected chi connectivity index (χ3v) is 4.50. The van der Waals surface area contributed by atoms with Crippen LogP contribution in [0.4, 0.5) is 0 Å². The lowest BCUT2D eigenvalue weighted by molar-refractivity contribution is 0.0752. The zero-order valence-electron chi connectivity index (χ0n) is 11.9. The number of benzene rings is 1. The van der Waals surface area contributed by atoms with Crippen LogP contribution in [-0.4, -0.2) is 36.2 Å². The number of carbonyl (C=O) groups is 1. The fourth-order valence-electron chi connectivity index (χ4n) is 2.75. The predicted octanol–water partition coefficient (Wildman–Crippen LogP) is 2.57. The Hall–Kier alpha value is -1.72. The van der Waals surface area contributed by atoms with E-state index in [2.05, 4.69) is 12.1 Å². The van der Waals surface area contributed by atoms with Crippen LogP contribution in [-0.2, 0) is 0 Å². The summed E-state index contributed by atoms with van der Waals surface area (Å²) in [7, 11) is 0. The molecule has 1 aliphatic heterocycles. The molecule has 0 saturated carbocycles. The van der Waals surface area contributed by atoms with Gasteiger partial charge in [-0.15, -0.1) is 0 Å². The van der Waals surface area contributed by atoms with Crippen LogP contribution in [0.5, 0.6) is 0 Å². The Morgan fingerprint density at radius 2 is 2.00 bits per heavy atom. The summed E-state index contributed by atoms with van der Waals surface area (Å²) in [6.07, 6.45) is 1.92. The van der Waals surface area contributed by atoms with Gasteiger partial charge in [-0.1, -0.05) is 42.1 Å². The Bertz CT molecular complexity index is 626. The van der Waals surface area contributed by atoms with Gasteiger partial charge in [0.15, 0.2) is 10.9 Å². The Kier molecular flexibility index (Phi) is 4.03. The molecule has 1 saturated heterocycles. The molecule has 1 amide bonds. The van der Waals surface area contributed by atoms with Gasteiger partial charge in [0.2, 0.25) is 0 Å². The maximum atomic E-state index is 12.5. The molecule has 2 N–H and O–H groups in total. The van der Waals surface area contributed by atoms with Crippen LogP contribution in [0.15, 0.2) is 52.0 Å². The van der Waals surface area contributed by atoms with E-state index in [0.29, 0.717) is 18.8 Å². The zero-order valence-corrected chi connectivity index (χ0v) is 12.7. The highest BCUT2D eigenvalue weighted by molar-refractivity contribution is 7.98. The van der Waals surface area contributed by atoms with Crippen molar-refractivity contribution in [2.75, 3.05) is 19.3 Å². The van der Waals surface area contributed by atoms with Gasteiger partial charge in [-0.05, 0) is 24.0 Å². The predicted molar refractivity (Wildman–Crippen MR) is 83.6 cm³/mol. The zero-order chi connectivity index (χ0) is 14.8. The summed E-state index contributed by atoms with van der Waals surface area (Å²) in [5.74, 6) is 0.495. The second-order valence-corrected chi connectivity index (χ2v) is 6.02. The Labute approximate surface area is 128 Å². The maximum Gasteiger partial charge on any atom is 0.289 e. The SMILES string of the molecule is CSc1ccc(C(=O)N2C[C@@H](N)[C@H](c3ccccc3)C2)o1. The van der Waals surface area contributed by atoms with Crippen molar-refractivity contribution in [2.24, 2.45) is 5.73 Å². The number of carbonyl (C=O) groups excluding carboxylic acids is 1. The molecule has 2 atom stereocenters. The smallest absolute Gasteiger partial charge is 0.289 e. The number of amides is 1. The molecule has 1 aliphatic rings. The fourth-order valence-corrected chi connectivity index (χ4v) is 3.13. The molecule has 1 aromatic heterocycles. The number of hydrogen-bond donors (Lipinski definition) is 1. The van der Waals surface area contributed by atoms with E-state index in [4.69, 9.17) is 10.2 Å². The van der Waals surface area contributed by atoms with Gasteiger partial charge in [-0.2, -0.15) is 0 Å². The second kappa shape index (κ2) is 5.95. The van der Waals surface area contributed by atoms with E-state index in [1.807, 2.05) is 30.5 Å². The van der Waals surface area contributed by atoms with Crippen LogP contribution in [0, 0.1) is 0 Å². The molecule has 1 fully saturated rings. The van der Waals surface area contributed by atoms with Crippen molar-refractivity contribution in [1.82, 2.24) is 4.90 Å². The van der Waals surface area contributed by atoms with E-state index in [9.17, 15) is 4.79 Å². The normalized spacial score (nSPS) is 21.7. The van der Waals surface area contributed by atoms with Gasteiger partial charge in [-0.3, -0.25) is 4.79 Å². The number of hydrogen-bond acceptors (Lipinski definition) is 4. The fraction of sp³-hybridized carbons (Fsp3) is 0.312. The number of rotatable bonds is 3. The van der Waals surface area contributed by atoms with Gasteiger partial charge in [-0.25, -0.2) is 0 Å². The summed E-state index contributed by atoms with van der Waals surface area (Å²) in [5, 5.41) is 0.751. The van der Waals surface area contributed by atoms with Crippen LogP contribution >= 0.6 is 11.8 Å². The average molecular weight is 302 g/mol. The molecule has 0 spiro atoms. The molecule has 2 aromatic rings. The molecule has 2 heterocycles. The highest BCUT2D eigenvalue weighted by atomic mass is 32.2. The molecule has 110 valence electrons. The van der Waals surface area contributed by atoms with Gasteiger partial charge in [0, 0.05) is 25.0 Å². The van der Waals surface area contributed by atoms with E-state index in [-0.39, 0.29) is 17.9 Å². The summed E-state index contributed by atoms with van der Waals surface area (Å²) in [5.41, 5.74) is 7.40. The Morgan fingerprint density at radius 3 is 2.67 bits per heavy atom. The molecule has 1 aromatic carbocycles. The van der Waals surface area contributed by atoms with E-state index < -0.39 is 0 Å². The molecule has 0 bridgehead atoms. The van der Waals surface area contributed by atoms with Crippen LogP contribution in [0.25, 0.3) is 0 Å². The van der Waals surface area contributed by atoms with Gasteiger partial charge < -0.3 is 15.1 Å². The van der Waals surface area contributed by atoms with Crippen LogP contribution < -0.4 is 5.73 Å². The molecular weight excluding hydrogens is 284 g/mol. The summed E-state index contributed by atoms with van der Waals surface area (Å²) in [6.45, 7) is 1.20. The van der Waals surface area contributed by atoms with E-state index in [1.54, 1.807) is 11.0 Å². The number of nitrogens with zero attached hydrogens (tertiary/aromatic N) is 1. The van der Waals surface area contributed by atoms with Gasteiger partial charge >= 0.3 is 0 Å². The lowest BCUT2D eigenvalue weighted by Crippen LogP contribution is -2.32. The first-order valence-electron chi connectivity index (χ1n) is 6.92. The average Bonchev–Trinajstić information content (AvgIpc) is 3.14. The first-order valence-corrected chi connectivity index (χ1v) is 8.15. The summed E-state index contributed by atoms with van der Waals surface area (Å²) < 4.78 is 5.51. The van der Waals surface area contributed by atoms with Gasteiger partial charge in [0.05, 0.1) is 0 Å². The Balaban J connectivity index is 1.75. The monoisotopic (exact) mass is 302 g/mol. The topological polar surface area (TPSA) is 59.5 Å². The first kappa shape index (κ1) is 14.2. The minimum atomic E-state index is -0.0795. The minimum Gasteiger partial charge on any atom is -0.445 e. The summed E-state index contributed by atoms with van der Waals surface area (Å²) in [4.78, 5) is 14.2. The Morgan fingerprint density at radius 1 is 1.24 bits per heavy atom. The summed E-state index contributed by atoms with van der Waals surface area (Å²) >= 11 is 1.49. The van der Waals surface area contributed by atoms with E-state index >= 15 is 0 Å². The highest BCUT2D eigenvalue weighted by Gasteiger charge is 2.35. The van der Waals surface area contributed by atoms with Crippen molar-refractivity contribution in [3.63, 3.8) is 0 Å². The van der Waals surface area contributed by atoms with Crippen molar-refractivity contribution in [2.45, 2.75) is 17.1 Å². The van der Waals surface area contributed by atoms with Crippen LogP contribution in [0.2, 0.25) is 0 Å². The largest absolute Gasteiger partial charge is 0.445 e. The van der Waals surface area contributed by atoms with E-state index in [0.717, 1.165) is 5.09 Å². The van der Waals surface area contributed by atoms with Crippen molar-refractivity contribution in [1.29, 1.82) is 0 Å². The molecular formula is C16H18N2O2S. The molecule has 0 aliphatic carbocycles. The van der Waals surface area contributed by atoms with E-state index in [1.165, 1.54) is 17.3 Å². The number of likely N-dealkylation sites (tertiary alicyclic amines) is 1. The number of nitrogens with two attached hydrogens (primary N) is 1. The lowest BCUT2D eigenvalue weighted by Gasteiger charge is -2.15. The number of thioether (sulfide) groups is 1. The number of furan rings is 1. The second-order valence-electron chi connectivity index (χ2n) is 5.21. The maximum absolute atomic E-state index is 12.5. The third-order valence-electron chi connectivity index (χ3n) is 3.87. The molecule has 3 rings (SSSR count). The van der Waals surface area contributed by atoms with Gasteiger partial charge in [0.25, 0.3) is 5.91 Å². The standard InChI is InChI=1S/C16H18N2O2S/c1-21-15-8-7-14(20-15)16(19)18-9-12(13(17)10-18)11-5-3-2-4-6-11/h2-8,12-13H,9-10,17H2,1H3/t12-,13+/m0/s1. The van der Waals surface area contributed by atoms with Crippen molar-refractivity contribution in [3.8, 4) is 0 Å². The summed E-state index contributed by atoms with van der Waals surface area (Å²) in [6, 6.07) is 13.6. The van der Waals surface area contributed by atoms with Crippen molar-refractivity contribution >= 4 is 17.7 Å². The third kappa shape index (κ3) is 2.84. The molecule has 0 radical (unpaired) electrons. The minimum absolute atomic E-state index is 0.0358. The quantitative estimate of drug-likeness (QED) is 0.885. The molecule has 21 heavy (non-hydrogen) atoms. The molecule has 4 nitrogen and oxygen atoms in total. The molecule has 5 heteroatoms.